The van der Waals surface area contributed by atoms with Gasteiger partial charge in [-0.2, -0.15) is 0 Å². The number of hydrogen-bond acceptors (Lipinski definition) is 3. The van der Waals surface area contributed by atoms with Crippen molar-refractivity contribution in [3.8, 4) is 11.8 Å². The number of ether oxygens (including phenoxy) is 1. The van der Waals surface area contributed by atoms with E-state index >= 15 is 0 Å². The second kappa shape index (κ2) is 8.66. The fourth-order valence-corrected chi connectivity index (χ4v) is 3.42. The minimum absolute atomic E-state index is 0.256. The molecule has 0 amide bonds. The Morgan fingerprint density at radius 2 is 1.95 bits per heavy atom. The highest BCUT2D eigenvalue weighted by atomic mass is 28.2. The van der Waals surface area contributed by atoms with Gasteiger partial charge in [0.2, 0.25) is 0 Å². The molecule has 4 heteroatoms. The lowest BCUT2D eigenvalue weighted by molar-refractivity contribution is -0.133. The molecule has 0 aliphatic rings. The lowest BCUT2D eigenvalue weighted by Gasteiger charge is -2.26. The van der Waals surface area contributed by atoms with Crippen LogP contribution >= 0.6 is 0 Å². The number of benzene rings is 1. The summed E-state index contributed by atoms with van der Waals surface area (Å²) in [5.74, 6) is 4.67. The highest BCUT2D eigenvalue weighted by molar-refractivity contribution is 6.27. The molecular formula is C17H24O3Si. The molecule has 0 atom stereocenters. The summed E-state index contributed by atoms with van der Waals surface area (Å²) in [4.78, 5) is 11.0. The average molecular weight is 304 g/mol. The Kier molecular flexibility index (Phi) is 7.20. The van der Waals surface area contributed by atoms with Crippen LogP contribution in [0.4, 0.5) is 0 Å². The van der Waals surface area contributed by atoms with Crippen molar-refractivity contribution in [2.75, 3.05) is 7.11 Å². The molecule has 114 valence electrons. The van der Waals surface area contributed by atoms with E-state index in [0.717, 1.165) is 11.1 Å². The predicted molar refractivity (Wildman–Crippen MR) is 87.7 cm³/mol. The molecule has 0 fully saturated rings. The van der Waals surface area contributed by atoms with E-state index in [1.54, 1.807) is 0 Å². The zero-order valence-corrected chi connectivity index (χ0v) is 14.8. The van der Waals surface area contributed by atoms with Crippen LogP contribution in [0, 0.1) is 11.8 Å². The number of carbonyl (C=O) groups is 1. The van der Waals surface area contributed by atoms with Gasteiger partial charge in [-0.05, 0) is 37.6 Å². The van der Waals surface area contributed by atoms with Crippen molar-refractivity contribution < 1.29 is 14.0 Å². The van der Waals surface area contributed by atoms with Gasteiger partial charge in [-0.25, -0.2) is 4.79 Å². The zero-order chi connectivity index (χ0) is 15.7. The fraction of sp³-hybridized carbons (Fsp3) is 0.471. The first kappa shape index (κ1) is 17.5. The van der Waals surface area contributed by atoms with Gasteiger partial charge in [-0.3, -0.25) is 0 Å². The van der Waals surface area contributed by atoms with Crippen molar-refractivity contribution in [1.82, 2.24) is 0 Å². The van der Waals surface area contributed by atoms with E-state index in [-0.39, 0.29) is 5.60 Å². The van der Waals surface area contributed by atoms with Crippen LogP contribution in [0.5, 0.6) is 0 Å². The van der Waals surface area contributed by atoms with Crippen LogP contribution in [0.1, 0.15) is 44.7 Å². The van der Waals surface area contributed by atoms with Crippen molar-refractivity contribution in [1.29, 1.82) is 0 Å². The van der Waals surface area contributed by atoms with Crippen LogP contribution in [0.2, 0.25) is 6.04 Å². The Morgan fingerprint density at radius 1 is 1.29 bits per heavy atom. The van der Waals surface area contributed by atoms with Gasteiger partial charge < -0.3 is 9.16 Å². The molecule has 1 rings (SSSR count). The summed E-state index contributed by atoms with van der Waals surface area (Å²) in [5, 5.41) is 0. The summed E-state index contributed by atoms with van der Waals surface area (Å²) in [7, 11) is 0.852. The lowest BCUT2D eigenvalue weighted by Crippen LogP contribution is -2.23. The molecule has 1 aromatic carbocycles. The van der Waals surface area contributed by atoms with Gasteiger partial charge in [0, 0.05) is 11.5 Å². The van der Waals surface area contributed by atoms with Crippen molar-refractivity contribution in [3.63, 3.8) is 0 Å². The summed E-state index contributed by atoms with van der Waals surface area (Å²) < 4.78 is 10.6. The van der Waals surface area contributed by atoms with Gasteiger partial charge in [0.1, 0.15) is 0 Å². The molecule has 1 aromatic rings. The van der Waals surface area contributed by atoms with Crippen LogP contribution < -0.4 is 0 Å². The number of rotatable bonds is 6. The van der Waals surface area contributed by atoms with Crippen molar-refractivity contribution >= 4 is 15.7 Å². The molecule has 0 spiro atoms. The van der Waals surface area contributed by atoms with E-state index in [4.69, 9.17) is 4.43 Å². The fourth-order valence-electron chi connectivity index (χ4n) is 1.89. The van der Waals surface area contributed by atoms with Crippen LogP contribution in [0.3, 0.4) is 0 Å². The molecule has 21 heavy (non-hydrogen) atoms. The molecule has 0 bridgehead atoms. The van der Waals surface area contributed by atoms with Crippen molar-refractivity contribution in [2.45, 2.75) is 45.3 Å². The summed E-state index contributed by atoms with van der Waals surface area (Å²) in [5.41, 5.74) is 1.67. The first-order valence-corrected chi connectivity index (χ1v) is 8.92. The Balaban J connectivity index is 2.67. The lowest BCUT2D eigenvalue weighted by atomic mass is 9.97. The third-order valence-corrected chi connectivity index (χ3v) is 5.00. The van der Waals surface area contributed by atoms with Gasteiger partial charge in [0.15, 0.2) is 9.76 Å². The van der Waals surface area contributed by atoms with E-state index in [1.165, 1.54) is 26.0 Å². The van der Waals surface area contributed by atoms with Crippen LogP contribution in [0.25, 0.3) is 0 Å². The third-order valence-electron chi connectivity index (χ3n) is 3.29. The molecule has 0 heterocycles. The monoisotopic (exact) mass is 304 g/mol. The third kappa shape index (κ3) is 6.15. The maximum absolute atomic E-state index is 11.0. The van der Waals surface area contributed by atoms with Crippen LogP contribution in [-0.4, -0.2) is 22.8 Å². The maximum atomic E-state index is 11.0. The molecular weight excluding hydrogens is 280 g/mol. The van der Waals surface area contributed by atoms with Gasteiger partial charge >= 0.3 is 5.97 Å². The highest BCUT2D eigenvalue weighted by Crippen LogP contribution is 2.24. The standard InChI is InChI=1S/C17H24O3Si/c1-5-6-13-21-20-17(2,3)15-10-7-14(8-11-15)9-12-16(18)19-4/h7-8,10-11H,5-6,13,21H2,1-4H3. The second-order valence-corrected chi connectivity index (χ2v) is 6.79. The molecule has 0 unspecified atom stereocenters. The summed E-state index contributed by atoms with van der Waals surface area (Å²) in [6.45, 7) is 6.40. The Hall–Kier alpha value is -1.57. The SMILES string of the molecule is CCCC[SiH2]OC(C)(C)c1ccc(C#CC(=O)OC)cc1. The molecule has 0 N–H and O–H groups in total. The summed E-state index contributed by atoms with van der Waals surface area (Å²) in [6.07, 6.45) is 2.48. The first-order chi connectivity index (χ1) is 9.99. The Bertz CT molecular complexity index is 509. The van der Waals surface area contributed by atoms with E-state index in [0.29, 0.717) is 0 Å². The molecule has 3 nitrogen and oxygen atoms in total. The minimum Gasteiger partial charge on any atom is -0.459 e. The molecule has 0 saturated carbocycles. The smallest absolute Gasteiger partial charge is 0.384 e. The molecule has 0 radical (unpaired) electrons. The van der Waals surface area contributed by atoms with E-state index < -0.39 is 15.7 Å². The largest absolute Gasteiger partial charge is 0.459 e. The number of carbonyl (C=O) groups excluding carboxylic acids is 1. The minimum atomic E-state index is -0.523. The maximum Gasteiger partial charge on any atom is 0.384 e. The van der Waals surface area contributed by atoms with Gasteiger partial charge in [-0.15, -0.1) is 0 Å². The normalized spacial score (nSPS) is 11.2. The highest BCUT2D eigenvalue weighted by Gasteiger charge is 2.20. The molecule has 0 aliphatic heterocycles. The number of unbranched alkanes of at least 4 members (excludes halogenated alkanes) is 1. The quantitative estimate of drug-likeness (QED) is 0.351. The van der Waals surface area contributed by atoms with E-state index in [9.17, 15) is 4.79 Å². The Labute approximate surface area is 130 Å². The van der Waals surface area contributed by atoms with Crippen LogP contribution in [0.15, 0.2) is 24.3 Å². The second-order valence-electron chi connectivity index (χ2n) is 5.38. The predicted octanol–water partition coefficient (Wildman–Crippen LogP) is 2.77. The molecule has 0 aliphatic carbocycles. The van der Waals surface area contributed by atoms with Gasteiger partial charge in [0.05, 0.1) is 12.7 Å². The number of methoxy groups -OCH3 is 1. The van der Waals surface area contributed by atoms with Crippen molar-refractivity contribution in [2.24, 2.45) is 0 Å². The molecule has 0 saturated heterocycles. The number of hydrogen-bond donors (Lipinski definition) is 0. The van der Waals surface area contributed by atoms with Gasteiger partial charge in [-0.1, -0.05) is 37.8 Å². The van der Waals surface area contributed by atoms with E-state index in [1.807, 2.05) is 24.3 Å². The zero-order valence-electron chi connectivity index (χ0n) is 13.4. The topological polar surface area (TPSA) is 35.5 Å². The Morgan fingerprint density at radius 3 is 2.52 bits per heavy atom. The summed E-state index contributed by atoms with van der Waals surface area (Å²) in [6, 6.07) is 9.06. The van der Waals surface area contributed by atoms with Gasteiger partial charge in [0.25, 0.3) is 0 Å². The van der Waals surface area contributed by atoms with Crippen molar-refractivity contribution in [3.05, 3.63) is 35.4 Å². The summed E-state index contributed by atoms with van der Waals surface area (Å²) >= 11 is 0. The van der Waals surface area contributed by atoms with Crippen LogP contribution in [-0.2, 0) is 19.6 Å². The number of esters is 1. The van der Waals surface area contributed by atoms with E-state index in [2.05, 4.69) is 37.3 Å². The first-order valence-electron chi connectivity index (χ1n) is 7.34. The molecule has 0 aromatic heterocycles. The average Bonchev–Trinajstić information content (AvgIpc) is 2.49.